The molecule has 0 fully saturated rings. The van der Waals surface area contributed by atoms with E-state index in [1.807, 2.05) is 30.3 Å². The summed E-state index contributed by atoms with van der Waals surface area (Å²) in [6.07, 6.45) is 2.51. The van der Waals surface area contributed by atoms with Gasteiger partial charge < -0.3 is 5.73 Å². The number of aliphatic imine (C=N–C) groups is 1. The number of rotatable bonds is 5. The topological polar surface area (TPSA) is 55.5 Å². The third-order valence-electron chi connectivity index (χ3n) is 1.94. The second kappa shape index (κ2) is 6.35. The van der Waals surface area contributed by atoms with Gasteiger partial charge in [-0.25, -0.2) is 0 Å². The maximum atomic E-state index is 10.8. The van der Waals surface area contributed by atoms with Gasteiger partial charge in [0.25, 0.3) is 0 Å². The van der Waals surface area contributed by atoms with E-state index < -0.39 is 10.8 Å². The number of hydrogen-bond acceptors (Lipinski definition) is 2. The highest BCUT2D eigenvalue weighted by atomic mass is 32.2. The Morgan fingerprint density at radius 1 is 1.40 bits per heavy atom. The fourth-order valence-electron chi connectivity index (χ4n) is 1.17. The highest BCUT2D eigenvalue weighted by Gasteiger charge is 1.96. The molecule has 4 heteroatoms. The Bertz CT molecular complexity index is 349. The largest absolute Gasteiger partial charge is 0.384 e. The highest BCUT2D eigenvalue weighted by molar-refractivity contribution is 7.84. The summed E-state index contributed by atoms with van der Waals surface area (Å²) in [5, 5.41) is 0. The van der Waals surface area contributed by atoms with Crippen LogP contribution in [-0.4, -0.2) is 28.6 Å². The van der Waals surface area contributed by atoms with Crippen LogP contribution in [0.5, 0.6) is 0 Å². The second-order valence-corrected chi connectivity index (χ2v) is 4.82. The van der Waals surface area contributed by atoms with Crippen molar-refractivity contribution in [2.45, 2.75) is 6.42 Å². The van der Waals surface area contributed by atoms with Crippen molar-refractivity contribution in [3.63, 3.8) is 0 Å². The van der Waals surface area contributed by atoms with Gasteiger partial charge in [-0.3, -0.25) is 9.20 Å². The molecule has 0 saturated carbocycles. The molecule has 0 spiro atoms. The van der Waals surface area contributed by atoms with Gasteiger partial charge in [-0.05, 0) is 6.42 Å². The van der Waals surface area contributed by atoms with Gasteiger partial charge in [-0.1, -0.05) is 30.3 Å². The number of nitrogens with two attached hydrogens (primary N) is 1. The van der Waals surface area contributed by atoms with E-state index in [-0.39, 0.29) is 0 Å². The third-order valence-corrected chi connectivity index (χ3v) is 2.81. The van der Waals surface area contributed by atoms with Crippen molar-refractivity contribution < 1.29 is 4.21 Å². The maximum absolute atomic E-state index is 10.8. The van der Waals surface area contributed by atoms with Crippen molar-refractivity contribution in [1.29, 1.82) is 0 Å². The lowest BCUT2D eigenvalue weighted by atomic mass is 10.2. The van der Waals surface area contributed by atoms with Crippen LogP contribution in [0.25, 0.3) is 0 Å². The summed E-state index contributed by atoms with van der Waals surface area (Å²) >= 11 is 0. The van der Waals surface area contributed by atoms with E-state index in [9.17, 15) is 4.21 Å². The van der Waals surface area contributed by atoms with Crippen molar-refractivity contribution in [2.24, 2.45) is 10.7 Å². The molecule has 0 saturated heterocycles. The van der Waals surface area contributed by atoms with Crippen LogP contribution in [-0.2, 0) is 10.8 Å². The van der Waals surface area contributed by atoms with Crippen LogP contribution in [0, 0.1) is 0 Å². The van der Waals surface area contributed by atoms with E-state index in [0.29, 0.717) is 18.1 Å². The van der Waals surface area contributed by atoms with Crippen LogP contribution in [0.1, 0.15) is 12.0 Å². The molecule has 0 radical (unpaired) electrons. The van der Waals surface area contributed by atoms with Crippen molar-refractivity contribution in [1.82, 2.24) is 0 Å². The van der Waals surface area contributed by atoms with Gasteiger partial charge in [0.1, 0.15) is 5.84 Å². The van der Waals surface area contributed by atoms with Crippen molar-refractivity contribution in [3.05, 3.63) is 35.9 Å². The smallest absolute Gasteiger partial charge is 0.125 e. The normalized spacial score (nSPS) is 13.8. The summed E-state index contributed by atoms with van der Waals surface area (Å²) in [4.78, 5) is 4.23. The van der Waals surface area contributed by atoms with E-state index in [0.717, 1.165) is 12.0 Å². The third kappa shape index (κ3) is 4.74. The van der Waals surface area contributed by atoms with Gasteiger partial charge in [-0.15, -0.1) is 0 Å². The fraction of sp³-hybridized carbons (Fsp3) is 0.364. The zero-order chi connectivity index (χ0) is 11.1. The molecular formula is C11H16N2OS. The average Bonchev–Trinajstić information content (AvgIpc) is 2.25. The van der Waals surface area contributed by atoms with E-state index in [4.69, 9.17) is 5.73 Å². The molecule has 1 aromatic carbocycles. The fourth-order valence-corrected chi connectivity index (χ4v) is 1.70. The predicted octanol–water partition coefficient (Wildman–Crippen LogP) is 1.16. The molecule has 1 rings (SSSR count). The van der Waals surface area contributed by atoms with E-state index >= 15 is 0 Å². The van der Waals surface area contributed by atoms with Crippen LogP contribution >= 0.6 is 0 Å². The summed E-state index contributed by atoms with van der Waals surface area (Å²) in [7, 11) is -0.735. The molecule has 0 bridgehead atoms. The van der Waals surface area contributed by atoms with Crippen LogP contribution in [0.3, 0.4) is 0 Å². The van der Waals surface area contributed by atoms with Gasteiger partial charge in [0.05, 0.1) is 0 Å². The molecule has 1 unspecified atom stereocenters. The molecule has 0 aliphatic carbocycles. The Labute approximate surface area is 92.9 Å². The minimum Gasteiger partial charge on any atom is -0.384 e. The van der Waals surface area contributed by atoms with Crippen LogP contribution in [0.4, 0.5) is 0 Å². The number of benzene rings is 1. The van der Waals surface area contributed by atoms with Gasteiger partial charge in [-0.2, -0.15) is 0 Å². The Morgan fingerprint density at radius 3 is 2.67 bits per heavy atom. The standard InChI is InChI=1S/C11H16N2OS/c1-15(14)9-5-8-13-11(12)10-6-3-2-4-7-10/h2-4,6-7H,5,8-9H2,1H3,(H2,12,13). The zero-order valence-electron chi connectivity index (χ0n) is 8.85. The lowest BCUT2D eigenvalue weighted by Gasteiger charge is -2.00. The molecule has 3 nitrogen and oxygen atoms in total. The minimum absolute atomic E-state index is 0.553. The number of hydrogen-bond donors (Lipinski definition) is 1. The molecular weight excluding hydrogens is 208 g/mol. The molecule has 1 atom stereocenters. The highest BCUT2D eigenvalue weighted by Crippen LogP contribution is 1.98. The molecule has 0 aromatic heterocycles. The van der Waals surface area contributed by atoms with Crippen LogP contribution in [0.2, 0.25) is 0 Å². The number of nitrogens with zero attached hydrogens (tertiary/aromatic N) is 1. The van der Waals surface area contributed by atoms with Gasteiger partial charge in [0.15, 0.2) is 0 Å². The Hall–Kier alpha value is -1.16. The molecule has 15 heavy (non-hydrogen) atoms. The summed E-state index contributed by atoms with van der Waals surface area (Å²) in [5.74, 6) is 1.24. The summed E-state index contributed by atoms with van der Waals surface area (Å²) in [6.45, 7) is 0.639. The predicted molar refractivity (Wildman–Crippen MR) is 65.6 cm³/mol. The Morgan fingerprint density at radius 2 is 2.07 bits per heavy atom. The first-order chi connectivity index (χ1) is 7.20. The maximum Gasteiger partial charge on any atom is 0.125 e. The molecule has 0 aliphatic heterocycles. The zero-order valence-corrected chi connectivity index (χ0v) is 9.67. The monoisotopic (exact) mass is 224 g/mol. The lowest BCUT2D eigenvalue weighted by Crippen LogP contribution is -2.14. The minimum atomic E-state index is -0.735. The molecule has 82 valence electrons. The van der Waals surface area contributed by atoms with E-state index in [2.05, 4.69) is 4.99 Å². The molecule has 0 heterocycles. The van der Waals surface area contributed by atoms with E-state index in [1.165, 1.54) is 0 Å². The summed E-state index contributed by atoms with van der Waals surface area (Å²) < 4.78 is 10.8. The molecule has 0 amide bonds. The van der Waals surface area contributed by atoms with Gasteiger partial charge in [0, 0.05) is 34.9 Å². The van der Waals surface area contributed by atoms with Crippen LogP contribution < -0.4 is 5.73 Å². The average molecular weight is 224 g/mol. The lowest BCUT2D eigenvalue weighted by molar-refractivity contribution is 0.684. The second-order valence-electron chi connectivity index (χ2n) is 3.26. The van der Waals surface area contributed by atoms with Crippen molar-refractivity contribution in [2.75, 3.05) is 18.6 Å². The first kappa shape index (κ1) is 11.9. The molecule has 0 aliphatic rings. The number of amidine groups is 1. The van der Waals surface area contributed by atoms with Crippen molar-refractivity contribution in [3.8, 4) is 0 Å². The first-order valence-electron chi connectivity index (χ1n) is 4.85. The van der Waals surface area contributed by atoms with E-state index in [1.54, 1.807) is 6.26 Å². The first-order valence-corrected chi connectivity index (χ1v) is 6.58. The van der Waals surface area contributed by atoms with Gasteiger partial charge in [0.2, 0.25) is 0 Å². The van der Waals surface area contributed by atoms with Gasteiger partial charge >= 0.3 is 0 Å². The molecule has 2 N–H and O–H groups in total. The SMILES string of the molecule is CS(=O)CCCN=C(N)c1ccccc1. The quantitative estimate of drug-likeness (QED) is 0.463. The van der Waals surface area contributed by atoms with Crippen molar-refractivity contribution >= 4 is 16.6 Å². The Balaban J connectivity index is 2.43. The molecule has 1 aromatic rings. The summed E-state index contributed by atoms with van der Waals surface area (Å²) in [5.41, 5.74) is 6.73. The Kier molecular flexibility index (Phi) is 5.04. The van der Waals surface area contributed by atoms with Crippen LogP contribution in [0.15, 0.2) is 35.3 Å². The summed E-state index contributed by atoms with van der Waals surface area (Å²) in [6, 6.07) is 9.66.